The summed E-state index contributed by atoms with van der Waals surface area (Å²) in [4.78, 5) is 37.6. The summed E-state index contributed by atoms with van der Waals surface area (Å²) in [5, 5.41) is 0. The number of hydrogen-bond donors (Lipinski definition) is 0. The van der Waals surface area contributed by atoms with Gasteiger partial charge in [0.15, 0.2) is 6.10 Å². The van der Waals surface area contributed by atoms with Crippen molar-refractivity contribution in [2.75, 3.05) is 13.2 Å². The second-order valence-corrected chi connectivity index (χ2v) is 15.0. The van der Waals surface area contributed by atoms with Crippen LogP contribution in [0.1, 0.15) is 194 Å². The lowest BCUT2D eigenvalue weighted by Gasteiger charge is -2.18. The largest absolute Gasteiger partial charge is 0.462 e. The van der Waals surface area contributed by atoms with Crippen molar-refractivity contribution in [2.24, 2.45) is 0 Å². The molecule has 0 fully saturated rings. The highest BCUT2D eigenvalue weighted by Gasteiger charge is 2.19. The predicted molar refractivity (Wildman–Crippen MR) is 247 cm³/mol. The van der Waals surface area contributed by atoms with Gasteiger partial charge in [0.25, 0.3) is 0 Å². The molecule has 0 saturated heterocycles. The predicted octanol–water partition coefficient (Wildman–Crippen LogP) is 15.0. The normalized spacial score (nSPS) is 12.9. The summed E-state index contributed by atoms with van der Waals surface area (Å²) in [6, 6.07) is 0. The van der Waals surface area contributed by atoms with E-state index in [1.807, 2.05) is 60.8 Å². The Labute approximate surface area is 356 Å². The molecule has 0 aliphatic rings. The number of ether oxygens (including phenoxy) is 3. The number of carbonyl (C=O) groups is 3. The standard InChI is InChI=1S/C52H84O6/c1-4-7-10-13-16-19-21-23-24-25-26-27-29-30-33-36-39-42-45-51(54)57-48-49(47-56-50(53)44-41-38-35-32-18-15-12-9-6-3)58-52(55)46-43-40-37-34-31-28-22-20-17-14-11-8-5-2/h8-9,11-12,14,17-18,20,22,28,31-32,34,37-38,41,49H,4-7,10,13,15-16,19,21,23-27,29-30,33,35-36,39-40,42-48H2,1-3H3/b11-8-,12-9-,17-14-,22-20-,31-28-,32-18-,37-34-,41-38-. The molecule has 6 nitrogen and oxygen atoms in total. The van der Waals surface area contributed by atoms with Crippen molar-refractivity contribution in [3.05, 3.63) is 97.2 Å². The summed E-state index contributed by atoms with van der Waals surface area (Å²) in [7, 11) is 0. The van der Waals surface area contributed by atoms with E-state index in [-0.39, 0.29) is 32.0 Å². The topological polar surface area (TPSA) is 78.9 Å². The summed E-state index contributed by atoms with van der Waals surface area (Å²) in [5.41, 5.74) is 0. The Bertz CT molecular complexity index is 1200. The molecule has 1 atom stereocenters. The first kappa shape index (κ1) is 54.3. The highest BCUT2D eigenvalue weighted by molar-refractivity contribution is 5.72. The fraction of sp³-hybridized carbons (Fsp3) is 0.635. The van der Waals surface area contributed by atoms with E-state index in [2.05, 4.69) is 51.2 Å². The van der Waals surface area contributed by atoms with Crippen LogP contribution in [0, 0.1) is 0 Å². The minimum absolute atomic E-state index is 0.118. The van der Waals surface area contributed by atoms with Crippen LogP contribution in [-0.2, 0) is 28.6 Å². The van der Waals surface area contributed by atoms with E-state index in [1.54, 1.807) is 6.08 Å². The molecule has 0 radical (unpaired) electrons. The molecule has 0 aliphatic heterocycles. The van der Waals surface area contributed by atoms with E-state index < -0.39 is 18.0 Å². The average Bonchev–Trinajstić information content (AvgIpc) is 3.22. The quantitative estimate of drug-likeness (QED) is 0.0202. The highest BCUT2D eigenvalue weighted by atomic mass is 16.6. The van der Waals surface area contributed by atoms with Gasteiger partial charge in [-0.25, -0.2) is 0 Å². The maximum Gasteiger partial charge on any atom is 0.309 e. The lowest BCUT2D eigenvalue weighted by molar-refractivity contribution is -0.166. The van der Waals surface area contributed by atoms with Crippen LogP contribution in [0.25, 0.3) is 0 Å². The summed E-state index contributed by atoms with van der Waals surface area (Å²) in [5.74, 6) is -1.14. The van der Waals surface area contributed by atoms with Crippen LogP contribution in [0.15, 0.2) is 97.2 Å². The van der Waals surface area contributed by atoms with E-state index in [9.17, 15) is 14.4 Å². The first-order valence-electron chi connectivity index (χ1n) is 23.3. The van der Waals surface area contributed by atoms with Gasteiger partial charge in [-0.1, -0.05) is 227 Å². The van der Waals surface area contributed by atoms with Gasteiger partial charge in [0.05, 0.1) is 6.42 Å². The Morgan fingerprint density at radius 3 is 1.33 bits per heavy atom. The Kier molecular flexibility index (Phi) is 43.1. The summed E-state index contributed by atoms with van der Waals surface area (Å²) in [6.07, 6.45) is 60.1. The number of rotatable bonds is 40. The molecule has 0 bridgehead atoms. The molecular weight excluding hydrogens is 721 g/mol. The molecule has 0 aliphatic carbocycles. The van der Waals surface area contributed by atoms with Crippen LogP contribution >= 0.6 is 0 Å². The number of allylic oxidation sites excluding steroid dienone is 15. The molecule has 58 heavy (non-hydrogen) atoms. The SMILES string of the molecule is CC\C=C/C=C\C=C/C=C\C=C/CCCC(=O)OC(COC(=O)C/C=C\C/C=C\C/C=C\CC)COC(=O)CCCCCCCCCCCCCCCCCCCC. The van der Waals surface area contributed by atoms with Crippen LogP contribution in [0.5, 0.6) is 0 Å². The van der Waals surface area contributed by atoms with Gasteiger partial charge in [0.2, 0.25) is 0 Å². The molecule has 0 N–H and O–H groups in total. The second-order valence-electron chi connectivity index (χ2n) is 15.0. The van der Waals surface area contributed by atoms with E-state index in [0.29, 0.717) is 12.8 Å². The first-order valence-corrected chi connectivity index (χ1v) is 23.3. The Morgan fingerprint density at radius 1 is 0.397 bits per heavy atom. The van der Waals surface area contributed by atoms with E-state index in [4.69, 9.17) is 14.2 Å². The minimum Gasteiger partial charge on any atom is -0.462 e. The van der Waals surface area contributed by atoms with Gasteiger partial charge in [-0.2, -0.15) is 0 Å². The van der Waals surface area contributed by atoms with E-state index in [0.717, 1.165) is 51.4 Å². The molecule has 0 aromatic carbocycles. The second kappa shape index (κ2) is 46.0. The molecule has 0 aromatic rings. The molecule has 1 unspecified atom stereocenters. The van der Waals surface area contributed by atoms with Crippen LogP contribution in [0.4, 0.5) is 0 Å². The van der Waals surface area contributed by atoms with Gasteiger partial charge in [0, 0.05) is 12.8 Å². The zero-order valence-electron chi connectivity index (χ0n) is 37.3. The third kappa shape index (κ3) is 43.5. The van der Waals surface area contributed by atoms with Crippen LogP contribution in [0.3, 0.4) is 0 Å². The monoisotopic (exact) mass is 805 g/mol. The number of carbonyl (C=O) groups excluding carboxylic acids is 3. The van der Waals surface area contributed by atoms with Crippen LogP contribution in [0.2, 0.25) is 0 Å². The molecule has 0 amide bonds. The van der Waals surface area contributed by atoms with Crippen molar-refractivity contribution >= 4 is 17.9 Å². The van der Waals surface area contributed by atoms with Crippen molar-refractivity contribution in [1.29, 1.82) is 0 Å². The fourth-order valence-electron chi connectivity index (χ4n) is 6.06. The number of esters is 3. The fourth-order valence-corrected chi connectivity index (χ4v) is 6.06. The summed E-state index contributed by atoms with van der Waals surface area (Å²) >= 11 is 0. The van der Waals surface area contributed by atoms with Crippen molar-refractivity contribution in [3.63, 3.8) is 0 Å². The van der Waals surface area contributed by atoms with Crippen molar-refractivity contribution < 1.29 is 28.6 Å². The maximum atomic E-state index is 12.7. The Hall–Kier alpha value is -3.67. The highest BCUT2D eigenvalue weighted by Crippen LogP contribution is 2.15. The summed E-state index contributed by atoms with van der Waals surface area (Å²) in [6.45, 7) is 6.20. The molecule has 0 rings (SSSR count). The van der Waals surface area contributed by atoms with Gasteiger partial charge in [-0.05, 0) is 44.9 Å². The Balaban J connectivity index is 4.45. The van der Waals surface area contributed by atoms with Crippen molar-refractivity contribution in [3.8, 4) is 0 Å². The Morgan fingerprint density at radius 2 is 0.810 bits per heavy atom. The average molecular weight is 805 g/mol. The summed E-state index contributed by atoms with van der Waals surface area (Å²) < 4.78 is 16.5. The van der Waals surface area contributed by atoms with Gasteiger partial charge in [0.1, 0.15) is 13.2 Å². The molecule has 0 aromatic heterocycles. The van der Waals surface area contributed by atoms with E-state index >= 15 is 0 Å². The van der Waals surface area contributed by atoms with Crippen molar-refractivity contribution in [2.45, 2.75) is 200 Å². The van der Waals surface area contributed by atoms with Crippen molar-refractivity contribution in [1.82, 2.24) is 0 Å². The van der Waals surface area contributed by atoms with Gasteiger partial charge >= 0.3 is 17.9 Å². The number of hydrogen-bond acceptors (Lipinski definition) is 6. The maximum absolute atomic E-state index is 12.7. The zero-order valence-corrected chi connectivity index (χ0v) is 37.3. The molecule has 0 saturated carbocycles. The van der Waals surface area contributed by atoms with Crippen LogP contribution in [-0.4, -0.2) is 37.2 Å². The van der Waals surface area contributed by atoms with Gasteiger partial charge in [-0.15, -0.1) is 0 Å². The van der Waals surface area contributed by atoms with Gasteiger partial charge in [-0.3, -0.25) is 14.4 Å². The zero-order chi connectivity index (χ0) is 42.3. The van der Waals surface area contributed by atoms with Gasteiger partial charge < -0.3 is 14.2 Å². The molecule has 6 heteroatoms. The molecule has 328 valence electrons. The minimum atomic E-state index is -0.847. The third-order valence-electron chi connectivity index (χ3n) is 9.49. The third-order valence-corrected chi connectivity index (χ3v) is 9.49. The molecule has 0 spiro atoms. The lowest BCUT2D eigenvalue weighted by atomic mass is 10.0. The lowest BCUT2D eigenvalue weighted by Crippen LogP contribution is -2.30. The molecular formula is C52H84O6. The van der Waals surface area contributed by atoms with Crippen LogP contribution < -0.4 is 0 Å². The van der Waals surface area contributed by atoms with E-state index in [1.165, 1.54) is 96.3 Å². The molecule has 0 heterocycles. The smallest absolute Gasteiger partial charge is 0.309 e. The number of unbranched alkanes of at least 4 members (excludes halogenated alkanes) is 18. The first-order chi connectivity index (χ1) is 28.5.